The number of rotatable bonds is 7. The molecule has 0 N–H and O–H groups in total. The van der Waals surface area contributed by atoms with Gasteiger partial charge in [0.2, 0.25) is 5.91 Å². The molecule has 0 bridgehead atoms. The highest BCUT2D eigenvalue weighted by molar-refractivity contribution is 8.01. The lowest BCUT2D eigenvalue weighted by Gasteiger charge is -2.26. The third kappa shape index (κ3) is 4.33. The highest BCUT2D eigenvalue weighted by Crippen LogP contribution is 2.46. The lowest BCUT2D eigenvalue weighted by Crippen LogP contribution is -2.35. The Balaban J connectivity index is 1.65. The molecule has 27 heavy (non-hydrogen) atoms. The average Bonchev–Trinajstić information content (AvgIpc) is 3.30. The summed E-state index contributed by atoms with van der Waals surface area (Å²) in [5.41, 5.74) is 0.966. The summed E-state index contributed by atoms with van der Waals surface area (Å²) in [5.74, 6) is 0.314. The first kappa shape index (κ1) is 19.8. The Morgan fingerprint density at radius 1 is 1.30 bits per heavy atom. The van der Waals surface area contributed by atoms with E-state index in [1.54, 1.807) is 35.8 Å². The molecule has 1 fully saturated rings. The first-order chi connectivity index (χ1) is 13.0. The quantitative estimate of drug-likeness (QED) is 0.681. The van der Waals surface area contributed by atoms with Crippen LogP contribution in [0, 0.1) is 0 Å². The van der Waals surface area contributed by atoms with Crippen LogP contribution in [0.5, 0.6) is 0 Å². The molecule has 1 aliphatic rings. The second-order valence-electron chi connectivity index (χ2n) is 6.50. The summed E-state index contributed by atoms with van der Waals surface area (Å²) < 4.78 is 5.16. The number of hydrogen-bond acceptors (Lipinski definition) is 4. The van der Waals surface area contributed by atoms with Crippen LogP contribution in [-0.4, -0.2) is 47.0 Å². The largest absolute Gasteiger partial charge is 0.459 e. The lowest BCUT2D eigenvalue weighted by molar-refractivity contribution is -0.130. The molecule has 1 aromatic carbocycles. The number of amides is 2. The summed E-state index contributed by atoms with van der Waals surface area (Å²) in [5, 5.41) is 0.547. The number of hydrogen-bond donors (Lipinski definition) is 0. The van der Waals surface area contributed by atoms with E-state index in [9.17, 15) is 9.59 Å². The Bertz CT molecular complexity index is 796. The fourth-order valence-electron chi connectivity index (χ4n) is 3.17. The molecule has 0 aliphatic carbocycles. The van der Waals surface area contributed by atoms with E-state index in [0.717, 1.165) is 12.0 Å². The molecule has 7 heteroatoms. The number of nitrogens with zero attached hydrogens (tertiary/aromatic N) is 2. The summed E-state index contributed by atoms with van der Waals surface area (Å²) in [7, 11) is 1.74. The van der Waals surface area contributed by atoms with Crippen LogP contribution >= 0.6 is 23.4 Å². The molecule has 2 heterocycles. The minimum atomic E-state index is -0.156. The zero-order chi connectivity index (χ0) is 19.4. The first-order valence-electron chi connectivity index (χ1n) is 9.02. The zero-order valence-electron chi connectivity index (χ0n) is 15.4. The standard InChI is InChI=1S/C20H23ClN2O3S/c1-3-17-19(25)23(20(27-17)14-8-4-5-9-15(14)21)12-7-11-22(2)18(24)16-10-6-13-26-16/h4-6,8-10,13,17,20H,3,7,11-12H2,1-2H3. The van der Waals surface area contributed by atoms with Gasteiger partial charge in [0.05, 0.1) is 11.5 Å². The highest BCUT2D eigenvalue weighted by Gasteiger charge is 2.40. The topological polar surface area (TPSA) is 53.8 Å². The number of furan rings is 1. The highest BCUT2D eigenvalue weighted by atomic mass is 35.5. The van der Waals surface area contributed by atoms with E-state index < -0.39 is 0 Å². The molecule has 144 valence electrons. The Morgan fingerprint density at radius 2 is 2.07 bits per heavy atom. The lowest BCUT2D eigenvalue weighted by atomic mass is 10.2. The van der Waals surface area contributed by atoms with Crippen molar-refractivity contribution in [3.63, 3.8) is 0 Å². The van der Waals surface area contributed by atoms with Gasteiger partial charge in [-0.1, -0.05) is 36.7 Å². The van der Waals surface area contributed by atoms with Crippen molar-refractivity contribution in [3.8, 4) is 0 Å². The fourth-order valence-corrected chi connectivity index (χ4v) is 4.94. The van der Waals surface area contributed by atoms with Crippen molar-refractivity contribution < 1.29 is 14.0 Å². The molecule has 1 saturated heterocycles. The van der Waals surface area contributed by atoms with Crippen molar-refractivity contribution in [1.29, 1.82) is 0 Å². The Morgan fingerprint density at radius 3 is 2.74 bits per heavy atom. The molecule has 2 unspecified atom stereocenters. The minimum Gasteiger partial charge on any atom is -0.459 e. The van der Waals surface area contributed by atoms with E-state index in [-0.39, 0.29) is 22.4 Å². The summed E-state index contributed by atoms with van der Waals surface area (Å²) in [6.07, 6.45) is 2.96. The van der Waals surface area contributed by atoms with Gasteiger partial charge in [0, 0.05) is 30.7 Å². The van der Waals surface area contributed by atoms with E-state index in [1.165, 1.54) is 6.26 Å². The maximum atomic E-state index is 12.8. The van der Waals surface area contributed by atoms with E-state index >= 15 is 0 Å². The number of carbonyl (C=O) groups excluding carboxylic acids is 2. The van der Waals surface area contributed by atoms with Gasteiger partial charge in [0.25, 0.3) is 5.91 Å². The summed E-state index contributed by atoms with van der Waals surface area (Å²) in [4.78, 5) is 28.6. The molecule has 5 nitrogen and oxygen atoms in total. The maximum absolute atomic E-state index is 12.8. The molecule has 3 rings (SSSR count). The van der Waals surface area contributed by atoms with Crippen LogP contribution in [0.4, 0.5) is 0 Å². The molecule has 2 atom stereocenters. The van der Waals surface area contributed by atoms with E-state index in [1.807, 2.05) is 36.1 Å². The van der Waals surface area contributed by atoms with Gasteiger partial charge in [-0.3, -0.25) is 9.59 Å². The Hall–Kier alpha value is -1.92. The molecular weight excluding hydrogens is 384 g/mol. The van der Waals surface area contributed by atoms with Crippen LogP contribution in [0.1, 0.15) is 41.3 Å². The van der Waals surface area contributed by atoms with E-state index in [4.69, 9.17) is 16.0 Å². The van der Waals surface area contributed by atoms with Gasteiger partial charge in [0.1, 0.15) is 5.37 Å². The maximum Gasteiger partial charge on any atom is 0.289 e. The number of halogens is 1. The first-order valence-corrected chi connectivity index (χ1v) is 10.3. The van der Waals surface area contributed by atoms with Crippen LogP contribution in [-0.2, 0) is 4.79 Å². The van der Waals surface area contributed by atoms with Gasteiger partial charge < -0.3 is 14.2 Å². The molecule has 2 aromatic rings. The molecule has 1 aliphatic heterocycles. The molecule has 0 radical (unpaired) electrons. The van der Waals surface area contributed by atoms with Crippen molar-refractivity contribution in [2.24, 2.45) is 0 Å². The summed E-state index contributed by atoms with van der Waals surface area (Å²) in [6, 6.07) is 11.0. The van der Waals surface area contributed by atoms with Crippen LogP contribution in [0.25, 0.3) is 0 Å². The smallest absolute Gasteiger partial charge is 0.289 e. The summed E-state index contributed by atoms with van der Waals surface area (Å²) in [6.45, 7) is 3.15. The molecule has 0 spiro atoms. The Labute approximate surface area is 168 Å². The third-order valence-electron chi connectivity index (χ3n) is 4.65. The van der Waals surface area contributed by atoms with Crippen molar-refractivity contribution in [2.75, 3.05) is 20.1 Å². The zero-order valence-corrected chi connectivity index (χ0v) is 17.0. The van der Waals surface area contributed by atoms with Crippen molar-refractivity contribution in [2.45, 2.75) is 30.4 Å². The number of thioether (sulfide) groups is 1. The van der Waals surface area contributed by atoms with Gasteiger partial charge in [0.15, 0.2) is 5.76 Å². The van der Waals surface area contributed by atoms with Crippen molar-refractivity contribution in [3.05, 3.63) is 59.0 Å². The number of benzene rings is 1. The fraction of sp³-hybridized carbons (Fsp3) is 0.400. The van der Waals surface area contributed by atoms with Crippen LogP contribution in [0.2, 0.25) is 5.02 Å². The Kier molecular flexibility index (Phi) is 6.50. The van der Waals surface area contributed by atoms with Crippen LogP contribution in [0.15, 0.2) is 47.1 Å². The average molecular weight is 407 g/mol. The van der Waals surface area contributed by atoms with Gasteiger partial charge >= 0.3 is 0 Å². The normalized spacial score (nSPS) is 19.5. The summed E-state index contributed by atoms with van der Waals surface area (Å²) >= 11 is 8.03. The van der Waals surface area contributed by atoms with Crippen molar-refractivity contribution in [1.82, 2.24) is 9.80 Å². The van der Waals surface area contributed by atoms with Gasteiger partial charge in [-0.25, -0.2) is 0 Å². The predicted octanol–water partition coefficient (Wildman–Crippen LogP) is 4.45. The minimum absolute atomic E-state index is 0.0475. The van der Waals surface area contributed by atoms with Crippen LogP contribution < -0.4 is 0 Å². The third-order valence-corrected chi connectivity index (χ3v) is 6.62. The monoisotopic (exact) mass is 406 g/mol. The molecule has 2 amide bonds. The molecular formula is C20H23ClN2O3S. The van der Waals surface area contributed by atoms with Gasteiger partial charge in [-0.2, -0.15) is 0 Å². The molecule has 0 saturated carbocycles. The number of carbonyl (C=O) groups is 2. The predicted molar refractivity (Wildman–Crippen MR) is 108 cm³/mol. The van der Waals surface area contributed by atoms with Crippen molar-refractivity contribution >= 4 is 35.2 Å². The second kappa shape index (κ2) is 8.85. The van der Waals surface area contributed by atoms with E-state index in [2.05, 4.69) is 0 Å². The molecule has 1 aromatic heterocycles. The van der Waals surface area contributed by atoms with E-state index in [0.29, 0.717) is 30.3 Å². The van der Waals surface area contributed by atoms with Gasteiger partial charge in [-0.05, 0) is 31.0 Å². The van der Waals surface area contributed by atoms with Crippen LogP contribution in [0.3, 0.4) is 0 Å². The SMILES string of the molecule is CCC1SC(c2ccccc2Cl)N(CCCN(C)C(=O)c2ccco2)C1=O. The van der Waals surface area contributed by atoms with Gasteiger partial charge in [-0.15, -0.1) is 11.8 Å². The second-order valence-corrected chi connectivity index (χ2v) is 8.19.